The number of rotatable bonds is 3. The lowest BCUT2D eigenvalue weighted by Gasteiger charge is -2.39. The summed E-state index contributed by atoms with van der Waals surface area (Å²) in [5.74, 6) is 0.705. The molecule has 1 amide bonds. The molecule has 0 aromatic heterocycles. The zero-order valence-electron chi connectivity index (χ0n) is 16.3. The van der Waals surface area contributed by atoms with E-state index in [1.165, 1.54) is 0 Å². The molecule has 4 aromatic rings. The number of carbonyl (C=O) groups excluding carboxylic acids is 1. The van der Waals surface area contributed by atoms with Crippen LogP contribution in [0, 0.1) is 3.57 Å². The average molecular weight is 506 g/mol. The molecule has 148 valence electrons. The fourth-order valence-electron chi connectivity index (χ4n) is 4.05. The zero-order chi connectivity index (χ0) is 20.7. The lowest BCUT2D eigenvalue weighted by atomic mass is 10.00. The van der Waals surface area contributed by atoms with E-state index in [2.05, 4.69) is 46.1 Å². The van der Waals surface area contributed by atoms with Gasteiger partial charge in [-0.3, -0.25) is 9.69 Å². The van der Waals surface area contributed by atoms with Crippen LogP contribution in [0.3, 0.4) is 0 Å². The minimum Gasteiger partial charge on any atom is -0.496 e. The number of carbonyl (C=O) groups is 1. The van der Waals surface area contributed by atoms with Crippen LogP contribution in [0.25, 0.3) is 10.8 Å². The van der Waals surface area contributed by atoms with Crippen LogP contribution in [0.15, 0.2) is 84.9 Å². The molecule has 1 N–H and O–H groups in total. The quantitative estimate of drug-likeness (QED) is 0.336. The van der Waals surface area contributed by atoms with Crippen molar-refractivity contribution < 1.29 is 9.53 Å². The Labute approximate surface area is 188 Å². The molecule has 0 aliphatic carbocycles. The Hall–Kier alpha value is -3.06. The molecule has 1 heterocycles. The normalized spacial score (nSPS) is 15.6. The topological polar surface area (TPSA) is 41.6 Å². The van der Waals surface area contributed by atoms with Gasteiger partial charge in [0.25, 0.3) is 5.91 Å². The van der Waals surface area contributed by atoms with Crippen LogP contribution in [0.1, 0.15) is 22.1 Å². The Morgan fingerprint density at radius 1 is 0.933 bits per heavy atom. The van der Waals surface area contributed by atoms with Crippen molar-refractivity contribution in [1.29, 1.82) is 0 Å². The second-order valence-corrected chi connectivity index (χ2v) is 8.40. The molecule has 0 unspecified atom stereocenters. The van der Waals surface area contributed by atoms with E-state index >= 15 is 0 Å². The van der Waals surface area contributed by atoms with Crippen LogP contribution in [-0.2, 0) is 0 Å². The second-order valence-electron chi connectivity index (χ2n) is 7.15. The smallest absolute Gasteiger partial charge is 0.262 e. The number of amides is 1. The Morgan fingerprint density at radius 2 is 1.70 bits per heavy atom. The summed E-state index contributed by atoms with van der Waals surface area (Å²) in [6, 6.07) is 27.9. The van der Waals surface area contributed by atoms with Crippen molar-refractivity contribution in [2.75, 3.05) is 17.3 Å². The average Bonchev–Trinajstić information content (AvgIpc) is 2.79. The van der Waals surface area contributed by atoms with E-state index in [0.29, 0.717) is 5.56 Å². The van der Waals surface area contributed by atoms with Crippen molar-refractivity contribution in [3.8, 4) is 5.75 Å². The summed E-state index contributed by atoms with van der Waals surface area (Å²) >= 11 is 2.24. The van der Waals surface area contributed by atoms with Crippen molar-refractivity contribution in [2.45, 2.75) is 6.17 Å². The minimum absolute atomic E-state index is 0.0328. The lowest BCUT2D eigenvalue weighted by Crippen LogP contribution is -2.43. The molecule has 4 nitrogen and oxygen atoms in total. The van der Waals surface area contributed by atoms with E-state index in [-0.39, 0.29) is 5.91 Å². The molecule has 30 heavy (non-hydrogen) atoms. The van der Waals surface area contributed by atoms with Crippen molar-refractivity contribution >= 4 is 50.6 Å². The molecule has 0 fully saturated rings. The largest absolute Gasteiger partial charge is 0.496 e. The highest BCUT2D eigenvalue weighted by Crippen LogP contribution is 2.42. The van der Waals surface area contributed by atoms with E-state index in [1.54, 1.807) is 7.11 Å². The van der Waals surface area contributed by atoms with E-state index < -0.39 is 6.17 Å². The summed E-state index contributed by atoms with van der Waals surface area (Å²) in [7, 11) is 1.65. The van der Waals surface area contributed by atoms with Crippen LogP contribution >= 0.6 is 22.6 Å². The molecule has 0 saturated carbocycles. The van der Waals surface area contributed by atoms with E-state index in [4.69, 9.17) is 4.74 Å². The van der Waals surface area contributed by atoms with Gasteiger partial charge in [-0.05, 0) is 58.3 Å². The van der Waals surface area contributed by atoms with Gasteiger partial charge in [0, 0.05) is 20.2 Å². The fraction of sp³-hybridized carbons (Fsp3) is 0.0800. The van der Waals surface area contributed by atoms with Crippen LogP contribution < -0.4 is 15.0 Å². The summed E-state index contributed by atoms with van der Waals surface area (Å²) in [6.45, 7) is 0. The number of para-hydroxylation sites is 1. The number of ether oxygens (including phenoxy) is 1. The van der Waals surface area contributed by atoms with Gasteiger partial charge in [0.1, 0.15) is 11.9 Å². The zero-order valence-corrected chi connectivity index (χ0v) is 18.5. The predicted octanol–water partition coefficient (Wildman–Crippen LogP) is 6.22. The standard InChI is InChI=1S/C25H19IN2O2/c1-30-23-12-5-4-10-19(23)24-27-21-14-13-17(26)15-20(21)25(29)28(24)22-11-6-8-16-7-2-3-9-18(16)22/h2-15,24,27H,1H3/t24-/m1/s1. The first-order valence-corrected chi connectivity index (χ1v) is 10.8. The number of benzene rings is 4. The van der Waals surface area contributed by atoms with Gasteiger partial charge in [-0.15, -0.1) is 0 Å². The SMILES string of the molecule is COc1ccccc1[C@@H]1Nc2ccc(I)cc2C(=O)N1c1cccc2ccccc12. The highest BCUT2D eigenvalue weighted by atomic mass is 127. The first-order chi connectivity index (χ1) is 14.7. The Morgan fingerprint density at radius 3 is 2.57 bits per heavy atom. The van der Waals surface area contributed by atoms with Crippen molar-refractivity contribution in [3.63, 3.8) is 0 Å². The van der Waals surface area contributed by atoms with Crippen molar-refractivity contribution in [3.05, 3.63) is 99.6 Å². The third-order valence-electron chi connectivity index (χ3n) is 5.44. The summed E-state index contributed by atoms with van der Waals surface area (Å²) in [5.41, 5.74) is 3.27. The van der Waals surface area contributed by atoms with Gasteiger partial charge in [-0.1, -0.05) is 54.6 Å². The molecular formula is C25H19IN2O2. The highest BCUT2D eigenvalue weighted by molar-refractivity contribution is 14.1. The number of hydrogen-bond donors (Lipinski definition) is 1. The molecule has 5 heteroatoms. The second kappa shape index (κ2) is 7.65. The predicted molar refractivity (Wildman–Crippen MR) is 129 cm³/mol. The molecule has 0 saturated heterocycles. The van der Waals surface area contributed by atoms with Crippen LogP contribution in [0.5, 0.6) is 5.75 Å². The molecule has 5 rings (SSSR count). The van der Waals surface area contributed by atoms with Crippen LogP contribution in [-0.4, -0.2) is 13.0 Å². The van der Waals surface area contributed by atoms with Crippen molar-refractivity contribution in [1.82, 2.24) is 0 Å². The first kappa shape index (κ1) is 18.9. The van der Waals surface area contributed by atoms with Gasteiger partial charge >= 0.3 is 0 Å². The van der Waals surface area contributed by atoms with E-state index in [0.717, 1.165) is 37.0 Å². The molecule has 1 atom stereocenters. The number of methoxy groups -OCH3 is 1. The van der Waals surface area contributed by atoms with Crippen LogP contribution in [0.2, 0.25) is 0 Å². The molecule has 4 aromatic carbocycles. The maximum Gasteiger partial charge on any atom is 0.262 e. The Bertz CT molecular complexity index is 1270. The van der Waals surface area contributed by atoms with Crippen LogP contribution in [0.4, 0.5) is 11.4 Å². The van der Waals surface area contributed by atoms with Gasteiger partial charge in [0.15, 0.2) is 0 Å². The monoisotopic (exact) mass is 506 g/mol. The maximum absolute atomic E-state index is 13.8. The van der Waals surface area contributed by atoms with Gasteiger partial charge < -0.3 is 10.1 Å². The summed E-state index contributed by atoms with van der Waals surface area (Å²) < 4.78 is 6.66. The summed E-state index contributed by atoms with van der Waals surface area (Å²) in [6.07, 6.45) is -0.396. The number of hydrogen-bond acceptors (Lipinski definition) is 3. The highest BCUT2D eigenvalue weighted by Gasteiger charge is 2.36. The first-order valence-electron chi connectivity index (χ1n) is 9.67. The summed E-state index contributed by atoms with van der Waals surface area (Å²) in [4.78, 5) is 15.7. The van der Waals surface area contributed by atoms with Gasteiger partial charge in [-0.2, -0.15) is 0 Å². The number of halogens is 1. The third kappa shape index (κ3) is 3.10. The number of nitrogens with one attached hydrogen (secondary N) is 1. The number of fused-ring (bicyclic) bond motifs is 2. The molecule has 0 spiro atoms. The van der Waals surface area contributed by atoms with E-state index in [9.17, 15) is 4.79 Å². The molecule has 1 aliphatic heterocycles. The maximum atomic E-state index is 13.8. The van der Waals surface area contributed by atoms with Gasteiger partial charge in [0.2, 0.25) is 0 Å². The molecule has 0 bridgehead atoms. The number of nitrogens with zero attached hydrogens (tertiary/aromatic N) is 1. The Kier molecular flexibility index (Phi) is 4.83. The minimum atomic E-state index is -0.396. The molecule has 0 radical (unpaired) electrons. The van der Waals surface area contributed by atoms with E-state index in [1.807, 2.05) is 71.6 Å². The third-order valence-corrected chi connectivity index (χ3v) is 6.11. The number of anilines is 2. The van der Waals surface area contributed by atoms with Crippen molar-refractivity contribution in [2.24, 2.45) is 0 Å². The molecular weight excluding hydrogens is 487 g/mol. The molecule has 1 aliphatic rings. The lowest BCUT2D eigenvalue weighted by molar-refractivity contribution is 0.0975. The Balaban J connectivity index is 1.77. The summed E-state index contributed by atoms with van der Waals surface area (Å²) in [5, 5.41) is 5.70. The fourth-order valence-corrected chi connectivity index (χ4v) is 4.55. The van der Waals surface area contributed by atoms with Gasteiger partial charge in [0.05, 0.1) is 18.4 Å². The van der Waals surface area contributed by atoms with Gasteiger partial charge in [-0.25, -0.2) is 0 Å².